The Balaban J connectivity index is 1.89. The Bertz CT molecular complexity index is 196. The van der Waals surface area contributed by atoms with E-state index in [9.17, 15) is 9.90 Å². The van der Waals surface area contributed by atoms with E-state index in [4.69, 9.17) is 0 Å². The first kappa shape index (κ1) is 8.97. The second-order valence-corrected chi connectivity index (χ2v) is 4.12. The third kappa shape index (κ3) is 1.56. The van der Waals surface area contributed by atoms with Crippen molar-refractivity contribution >= 4 is 6.41 Å². The average Bonchev–Trinajstić information content (AvgIpc) is 2.14. The van der Waals surface area contributed by atoms with Crippen molar-refractivity contribution in [3.63, 3.8) is 0 Å². The van der Waals surface area contributed by atoms with Crippen LogP contribution in [0.25, 0.3) is 0 Å². The first-order chi connectivity index (χ1) is 6.24. The molecule has 2 aliphatic rings. The normalized spacial score (nSPS) is 32.4. The Morgan fingerprint density at radius 2 is 2.23 bits per heavy atom. The summed E-state index contributed by atoms with van der Waals surface area (Å²) in [4.78, 5) is 12.0. The standard InChI is InChI=1S/C9H16N2O2/c12-7-11-5-9(13,6-11)8-3-1-2-4-10-8/h7-8,10,13H,1-6H2. The molecule has 0 aliphatic carbocycles. The Morgan fingerprint density at radius 3 is 2.77 bits per heavy atom. The fraction of sp³-hybridized carbons (Fsp3) is 0.889. The molecule has 0 radical (unpaired) electrons. The fourth-order valence-electron chi connectivity index (χ4n) is 2.26. The molecule has 0 aromatic heterocycles. The largest absolute Gasteiger partial charge is 0.385 e. The third-order valence-corrected chi connectivity index (χ3v) is 3.06. The smallest absolute Gasteiger partial charge is 0.209 e. The molecule has 2 aliphatic heterocycles. The van der Waals surface area contributed by atoms with Gasteiger partial charge in [-0.05, 0) is 19.4 Å². The van der Waals surface area contributed by atoms with E-state index in [1.54, 1.807) is 4.90 Å². The van der Waals surface area contributed by atoms with Gasteiger partial charge in [0.25, 0.3) is 0 Å². The Labute approximate surface area is 77.9 Å². The minimum Gasteiger partial charge on any atom is -0.385 e. The van der Waals surface area contributed by atoms with Crippen molar-refractivity contribution in [3.8, 4) is 0 Å². The number of hydrogen-bond acceptors (Lipinski definition) is 3. The quantitative estimate of drug-likeness (QED) is 0.560. The maximum atomic E-state index is 10.4. The van der Waals surface area contributed by atoms with Crippen LogP contribution in [-0.4, -0.2) is 47.7 Å². The maximum absolute atomic E-state index is 10.4. The van der Waals surface area contributed by atoms with Crippen molar-refractivity contribution in [2.24, 2.45) is 0 Å². The monoisotopic (exact) mass is 184 g/mol. The van der Waals surface area contributed by atoms with Crippen LogP contribution in [0.1, 0.15) is 19.3 Å². The highest BCUT2D eigenvalue weighted by Gasteiger charge is 2.47. The number of amides is 1. The van der Waals surface area contributed by atoms with Gasteiger partial charge in [-0.2, -0.15) is 0 Å². The molecule has 0 aromatic rings. The van der Waals surface area contributed by atoms with E-state index in [0.717, 1.165) is 19.4 Å². The summed E-state index contributed by atoms with van der Waals surface area (Å²) in [5.74, 6) is 0. The molecule has 2 fully saturated rings. The van der Waals surface area contributed by atoms with Crippen LogP contribution in [0.3, 0.4) is 0 Å². The SMILES string of the molecule is O=CN1CC(O)(C2CCCCN2)C1. The summed E-state index contributed by atoms with van der Waals surface area (Å²) in [5.41, 5.74) is -0.651. The zero-order chi connectivity index (χ0) is 9.31. The molecule has 1 atom stereocenters. The van der Waals surface area contributed by atoms with Crippen molar-refractivity contribution in [1.29, 1.82) is 0 Å². The van der Waals surface area contributed by atoms with E-state index < -0.39 is 5.60 Å². The van der Waals surface area contributed by atoms with Crippen molar-refractivity contribution in [3.05, 3.63) is 0 Å². The molecule has 1 amide bonds. The summed E-state index contributed by atoms with van der Waals surface area (Å²) in [6.07, 6.45) is 4.21. The van der Waals surface area contributed by atoms with Crippen LogP contribution in [0.2, 0.25) is 0 Å². The molecule has 2 N–H and O–H groups in total. The van der Waals surface area contributed by atoms with Crippen molar-refractivity contribution in [2.75, 3.05) is 19.6 Å². The first-order valence-electron chi connectivity index (χ1n) is 4.90. The van der Waals surface area contributed by atoms with Gasteiger partial charge in [0.05, 0.1) is 13.1 Å². The van der Waals surface area contributed by atoms with Gasteiger partial charge in [-0.3, -0.25) is 4.79 Å². The molecule has 2 saturated heterocycles. The van der Waals surface area contributed by atoms with Crippen LogP contribution in [0.15, 0.2) is 0 Å². The van der Waals surface area contributed by atoms with Crippen LogP contribution in [0, 0.1) is 0 Å². The van der Waals surface area contributed by atoms with Crippen LogP contribution in [0.4, 0.5) is 0 Å². The summed E-state index contributed by atoms with van der Waals surface area (Å²) in [6, 6.07) is 0.192. The molecule has 0 aromatic carbocycles. The number of nitrogens with one attached hydrogen (secondary N) is 1. The Morgan fingerprint density at radius 1 is 1.46 bits per heavy atom. The summed E-state index contributed by atoms with van der Waals surface area (Å²) in [5, 5.41) is 13.4. The molecule has 1 unspecified atom stereocenters. The number of likely N-dealkylation sites (tertiary alicyclic amines) is 1. The van der Waals surface area contributed by atoms with E-state index in [1.807, 2.05) is 0 Å². The van der Waals surface area contributed by atoms with Crippen LogP contribution in [-0.2, 0) is 4.79 Å². The molecule has 4 heteroatoms. The molecular formula is C9H16N2O2. The van der Waals surface area contributed by atoms with Gasteiger partial charge in [0.15, 0.2) is 0 Å². The van der Waals surface area contributed by atoms with Crippen LogP contribution in [0.5, 0.6) is 0 Å². The van der Waals surface area contributed by atoms with Crippen LogP contribution >= 0.6 is 0 Å². The van der Waals surface area contributed by atoms with E-state index >= 15 is 0 Å². The number of hydrogen-bond donors (Lipinski definition) is 2. The number of rotatable bonds is 2. The zero-order valence-electron chi connectivity index (χ0n) is 7.70. The van der Waals surface area contributed by atoms with Crippen molar-refractivity contribution in [1.82, 2.24) is 10.2 Å². The molecule has 0 spiro atoms. The molecular weight excluding hydrogens is 168 g/mol. The molecule has 4 nitrogen and oxygen atoms in total. The second-order valence-electron chi connectivity index (χ2n) is 4.12. The van der Waals surface area contributed by atoms with Gasteiger partial charge in [-0.1, -0.05) is 6.42 Å². The number of β-amino-alcohol motifs (C(OH)–C–C–N with tert-alkyl or cyclic N) is 1. The molecule has 13 heavy (non-hydrogen) atoms. The first-order valence-corrected chi connectivity index (χ1v) is 4.90. The highest BCUT2D eigenvalue weighted by atomic mass is 16.3. The molecule has 2 heterocycles. The third-order valence-electron chi connectivity index (χ3n) is 3.06. The number of aliphatic hydroxyl groups is 1. The second kappa shape index (κ2) is 3.27. The van der Waals surface area contributed by atoms with Gasteiger partial charge in [0.2, 0.25) is 6.41 Å². The minimum absolute atomic E-state index is 0.192. The molecule has 2 rings (SSSR count). The zero-order valence-corrected chi connectivity index (χ0v) is 7.70. The number of nitrogens with zero attached hydrogens (tertiary/aromatic N) is 1. The lowest BCUT2D eigenvalue weighted by atomic mass is 9.82. The molecule has 0 bridgehead atoms. The number of carbonyl (C=O) groups excluding carboxylic acids is 1. The Hall–Kier alpha value is -0.610. The minimum atomic E-state index is -0.651. The highest BCUT2D eigenvalue weighted by Crippen LogP contribution is 2.27. The fourth-order valence-corrected chi connectivity index (χ4v) is 2.26. The maximum Gasteiger partial charge on any atom is 0.209 e. The lowest BCUT2D eigenvalue weighted by Crippen LogP contribution is -2.70. The van der Waals surface area contributed by atoms with Gasteiger partial charge in [-0.25, -0.2) is 0 Å². The lowest BCUT2D eigenvalue weighted by molar-refractivity contribution is -0.150. The van der Waals surface area contributed by atoms with Gasteiger partial charge < -0.3 is 15.3 Å². The van der Waals surface area contributed by atoms with E-state index in [1.165, 1.54) is 12.8 Å². The van der Waals surface area contributed by atoms with E-state index in [0.29, 0.717) is 13.1 Å². The van der Waals surface area contributed by atoms with Gasteiger partial charge in [-0.15, -0.1) is 0 Å². The summed E-state index contributed by atoms with van der Waals surface area (Å²) in [7, 11) is 0. The van der Waals surface area contributed by atoms with Gasteiger partial charge >= 0.3 is 0 Å². The van der Waals surface area contributed by atoms with Crippen LogP contribution < -0.4 is 5.32 Å². The topological polar surface area (TPSA) is 52.6 Å². The lowest BCUT2D eigenvalue weighted by Gasteiger charge is -2.50. The predicted molar refractivity (Wildman–Crippen MR) is 48.2 cm³/mol. The van der Waals surface area contributed by atoms with Crippen molar-refractivity contribution in [2.45, 2.75) is 30.9 Å². The summed E-state index contributed by atoms with van der Waals surface area (Å²) >= 11 is 0. The van der Waals surface area contributed by atoms with Crippen molar-refractivity contribution < 1.29 is 9.90 Å². The highest BCUT2D eigenvalue weighted by molar-refractivity contribution is 5.50. The number of piperidine rings is 1. The Kier molecular flexibility index (Phi) is 2.26. The number of carbonyl (C=O) groups is 1. The summed E-state index contributed by atoms with van der Waals surface area (Å²) in [6.45, 7) is 1.98. The summed E-state index contributed by atoms with van der Waals surface area (Å²) < 4.78 is 0. The van der Waals surface area contributed by atoms with Gasteiger partial charge in [0, 0.05) is 6.04 Å². The predicted octanol–water partition coefficient (Wildman–Crippen LogP) is -0.668. The van der Waals surface area contributed by atoms with E-state index in [-0.39, 0.29) is 6.04 Å². The van der Waals surface area contributed by atoms with Gasteiger partial charge in [0.1, 0.15) is 5.60 Å². The average molecular weight is 184 g/mol. The molecule has 0 saturated carbocycles. The molecule has 74 valence electrons. The van der Waals surface area contributed by atoms with E-state index in [2.05, 4.69) is 5.32 Å².